The molecule has 0 aliphatic carbocycles. The molecule has 0 amide bonds. The van der Waals surface area contributed by atoms with Crippen LogP contribution in [-0.4, -0.2) is 20.2 Å². The van der Waals surface area contributed by atoms with Gasteiger partial charge in [-0.2, -0.15) is 5.10 Å². The number of nitrogens with one attached hydrogen (secondary N) is 1. The normalized spacial score (nSPS) is 10.5. The number of rotatable bonds is 2. The van der Waals surface area contributed by atoms with Crippen molar-refractivity contribution in [3.05, 3.63) is 42.7 Å². The Bertz CT molecular complexity index is 684. The van der Waals surface area contributed by atoms with Crippen molar-refractivity contribution >= 4 is 11.4 Å². The fraction of sp³-hybridized carbons (Fsp3) is 0. The molecule has 94 valence electrons. The summed E-state index contributed by atoms with van der Waals surface area (Å²) in [6.07, 6.45) is 3.43. The Morgan fingerprint density at radius 2 is 1.79 bits per heavy atom. The summed E-state index contributed by atoms with van der Waals surface area (Å²) in [6.45, 7) is 0. The first kappa shape index (κ1) is 11.2. The molecular weight excluding hydrogens is 240 g/mol. The average molecular weight is 252 g/mol. The van der Waals surface area contributed by atoms with Gasteiger partial charge in [-0.1, -0.05) is 0 Å². The van der Waals surface area contributed by atoms with Gasteiger partial charge in [-0.05, 0) is 30.3 Å². The maximum Gasteiger partial charge on any atom is 0.181 e. The molecule has 0 bridgehead atoms. The third-order valence-electron chi connectivity index (χ3n) is 2.66. The Morgan fingerprint density at radius 1 is 1.00 bits per heavy atom. The van der Waals surface area contributed by atoms with E-state index in [1.807, 2.05) is 12.1 Å². The van der Waals surface area contributed by atoms with Crippen LogP contribution < -0.4 is 11.5 Å². The van der Waals surface area contributed by atoms with Gasteiger partial charge in [0, 0.05) is 34.9 Å². The highest BCUT2D eigenvalue weighted by Crippen LogP contribution is 2.23. The lowest BCUT2D eigenvalue weighted by Crippen LogP contribution is -1.92. The first-order chi connectivity index (χ1) is 9.22. The first-order valence-corrected chi connectivity index (χ1v) is 5.71. The lowest BCUT2D eigenvalue weighted by molar-refractivity contribution is 1.10. The Kier molecular flexibility index (Phi) is 2.60. The zero-order valence-electron chi connectivity index (χ0n) is 10.0. The second-order valence-electron chi connectivity index (χ2n) is 4.14. The van der Waals surface area contributed by atoms with Crippen molar-refractivity contribution in [2.75, 3.05) is 11.5 Å². The molecule has 2 aromatic heterocycles. The van der Waals surface area contributed by atoms with Crippen LogP contribution in [0.5, 0.6) is 0 Å². The number of aromatic nitrogens is 4. The number of aromatic amines is 1. The van der Waals surface area contributed by atoms with E-state index in [2.05, 4.69) is 20.2 Å². The molecule has 0 spiro atoms. The maximum atomic E-state index is 5.76. The Morgan fingerprint density at radius 3 is 2.47 bits per heavy atom. The molecule has 1 aromatic carbocycles. The molecule has 0 saturated heterocycles. The van der Waals surface area contributed by atoms with Gasteiger partial charge >= 0.3 is 0 Å². The SMILES string of the molecule is Nc1cc(N)cc(-c2n[nH]c(-c3cccnc3)n2)c1. The molecule has 0 unspecified atom stereocenters. The van der Waals surface area contributed by atoms with E-state index in [0.29, 0.717) is 23.0 Å². The molecule has 6 heteroatoms. The summed E-state index contributed by atoms with van der Waals surface area (Å²) in [5.41, 5.74) is 14.3. The minimum absolute atomic E-state index is 0.554. The van der Waals surface area contributed by atoms with Crippen LogP contribution in [0.25, 0.3) is 22.8 Å². The monoisotopic (exact) mass is 252 g/mol. The number of nitrogens with two attached hydrogens (primary N) is 2. The molecule has 0 saturated carbocycles. The molecule has 3 aromatic rings. The third-order valence-corrected chi connectivity index (χ3v) is 2.66. The van der Waals surface area contributed by atoms with E-state index in [9.17, 15) is 0 Å². The van der Waals surface area contributed by atoms with E-state index >= 15 is 0 Å². The molecule has 19 heavy (non-hydrogen) atoms. The first-order valence-electron chi connectivity index (χ1n) is 5.71. The highest BCUT2D eigenvalue weighted by atomic mass is 15.2. The van der Waals surface area contributed by atoms with Crippen molar-refractivity contribution in [1.29, 1.82) is 0 Å². The van der Waals surface area contributed by atoms with Gasteiger partial charge in [0.05, 0.1) is 0 Å². The number of hydrogen-bond acceptors (Lipinski definition) is 5. The smallest absolute Gasteiger partial charge is 0.181 e. The van der Waals surface area contributed by atoms with Crippen LogP contribution in [0.15, 0.2) is 42.7 Å². The van der Waals surface area contributed by atoms with Crippen molar-refractivity contribution in [1.82, 2.24) is 20.2 Å². The number of hydrogen-bond donors (Lipinski definition) is 3. The largest absolute Gasteiger partial charge is 0.399 e. The summed E-state index contributed by atoms with van der Waals surface area (Å²) in [7, 11) is 0. The van der Waals surface area contributed by atoms with E-state index in [-0.39, 0.29) is 0 Å². The average Bonchev–Trinajstić information content (AvgIpc) is 2.88. The summed E-state index contributed by atoms with van der Waals surface area (Å²) >= 11 is 0. The van der Waals surface area contributed by atoms with Gasteiger partial charge in [0.25, 0.3) is 0 Å². The second-order valence-corrected chi connectivity index (χ2v) is 4.14. The van der Waals surface area contributed by atoms with Crippen LogP contribution in [0.2, 0.25) is 0 Å². The van der Waals surface area contributed by atoms with Gasteiger partial charge in [0.15, 0.2) is 11.6 Å². The van der Waals surface area contributed by atoms with Crippen LogP contribution in [0.3, 0.4) is 0 Å². The number of H-pyrrole nitrogens is 1. The van der Waals surface area contributed by atoms with Gasteiger partial charge in [0.2, 0.25) is 0 Å². The molecule has 0 fully saturated rings. The summed E-state index contributed by atoms with van der Waals surface area (Å²) in [5.74, 6) is 1.21. The van der Waals surface area contributed by atoms with Gasteiger partial charge in [-0.25, -0.2) is 4.98 Å². The van der Waals surface area contributed by atoms with Crippen LogP contribution >= 0.6 is 0 Å². The van der Waals surface area contributed by atoms with Gasteiger partial charge < -0.3 is 11.5 Å². The Balaban J connectivity index is 2.02. The molecule has 2 heterocycles. The van der Waals surface area contributed by atoms with Crippen LogP contribution in [0.4, 0.5) is 11.4 Å². The summed E-state index contributed by atoms with van der Waals surface area (Å²) in [4.78, 5) is 8.46. The number of nitrogen functional groups attached to an aromatic ring is 2. The Hall–Kier alpha value is -2.89. The van der Waals surface area contributed by atoms with E-state index in [1.165, 1.54) is 0 Å². The highest BCUT2D eigenvalue weighted by molar-refractivity contribution is 5.69. The zero-order chi connectivity index (χ0) is 13.2. The summed E-state index contributed by atoms with van der Waals surface area (Å²) in [5, 5.41) is 7.05. The van der Waals surface area contributed by atoms with Gasteiger partial charge in [0.1, 0.15) is 0 Å². The molecule has 0 radical (unpaired) electrons. The van der Waals surface area contributed by atoms with Crippen molar-refractivity contribution in [2.45, 2.75) is 0 Å². The van der Waals surface area contributed by atoms with Gasteiger partial charge in [-0.15, -0.1) is 0 Å². The molecule has 0 aliphatic heterocycles. The lowest BCUT2D eigenvalue weighted by Gasteiger charge is -2.00. The maximum absolute atomic E-state index is 5.76. The topological polar surface area (TPSA) is 106 Å². The van der Waals surface area contributed by atoms with E-state index in [0.717, 1.165) is 11.1 Å². The fourth-order valence-corrected chi connectivity index (χ4v) is 1.83. The highest BCUT2D eigenvalue weighted by Gasteiger charge is 2.08. The van der Waals surface area contributed by atoms with Crippen molar-refractivity contribution < 1.29 is 0 Å². The predicted molar refractivity (Wildman–Crippen MR) is 73.9 cm³/mol. The number of nitrogens with zero attached hydrogens (tertiary/aromatic N) is 3. The van der Waals surface area contributed by atoms with E-state index in [1.54, 1.807) is 30.6 Å². The van der Waals surface area contributed by atoms with Gasteiger partial charge in [-0.3, -0.25) is 10.1 Å². The molecule has 0 aliphatic rings. The van der Waals surface area contributed by atoms with Crippen molar-refractivity contribution in [3.63, 3.8) is 0 Å². The quantitative estimate of drug-likeness (QED) is 0.602. The molecule has 0 atom stereocenters. The molecule has 5 N–H and O–H groups in total. The Labute approximate surface area is 109 Å². The molecular formula is C13H12N6. The van der Waals surface area contributed by atoms with Crippen molar-refractivity contribution in [2.24, 2.45) is 0 Å². The number of anilines is 2. The lowest BCUT2D eigenvalue weighted by atomic mass is 10.1. The minimum Gasteiger partial charge on any atom is -0.399 e. The molecule has 3 rings (SSSR count). The van der Waals surface area contributed by atoms with Crippen LogP contribution in [0, 0.1) is 0 Å². The predicted octanol–water partition coefficient (Wildman–Crippen LogP) is 1.70. The van der Waals surface area contributed by atoms with Crippen LogP contribution in [0.1, 0.15) is 0 Å². The minimum atomic E-state index is 0.554. The van der Waals surface area contributed by atoms with Crippen LogP contribution in [-0.2, 0) is 0 Å². The van der Waals surface area contributed by atoms with Crippen molar-refractivity contribution in [3.8, 4) is 22.8 Å². The standard InChI is InChI=1S/C13H12N6/c14-10-4-9(5-11(15)6-10)13-17-12(18-19-13)8-2-1-3-16-7-8/h1-7H,14-15H2,(H,17,18,19). The summed E-state index contributed by atoms with van der Waals surface area (Å²) < 4.78 is 0. The summed E-state index contributed by atoms with van der Waals surface area (Å²) in [6, 6.07) is 9.01. The third kappa shape index (κ3) is 2.23. The fourth-order valence-electron chi connectivity index (χ4n) is 1.83. The zero-order valence-corrected chi connectivity index (χ0v) is 10.0. The van der Waals surface area contributed by atoms with E-state index < -0.39 is 0 Å². The molecule has 6 nitrogen and oxygen atoms in total. The second kappa shape index (κ2) is 4.41. The number of benzene rings is 1. The number of pyridine rings is 1. The van der Waals surface area contributed by atoms with E-state index in [4.69, 9.17) is 11.5 Å².